The molecule has 0 fully saturated rings. The second-order valence-corrected chi connectivity index (χ2v) is 6.64. The average molecular weight is 370 g/mol. The Morgan fingerprint density at radius 3 is 2.57 bits per heavy atom. The Balaban J connectivity index is 2.16. The number of hydrogen-bond acceptors (Lipinski definition) is 1. The number of alkyl halides is 1. The van der Waals surface area contributed by atoms with Gasteiger partial charge in [0.1, 0.15) is 0 Å². The summed E-state index contributed by atoms with van der Waals surface area (Å²) < 4.78 is 3.13. The molecule has 1 heterocycles. The Morgan fingerprint density at radius 1 is 1.29 bits per heavy atom. The first kappa shape index (κ1) is 16.6. The van der Waals surface area contributed by atoms with Gasteiger partial charge >= 0.3 is 0 Å². The molecule has 0 bridgehead atoms. The highest BCUT2D eigenvalue weighted by molar-refractivity contribution is 9.10. The van der Waals surface area contributed by atoms with Gasteiger partial charge in [0, 0.05) is 12.9 Å². The van der Waals surface area contributed by atoms with Gasteiger partial charge in [0.05, 0.1) is 15.9 Å². The van der Waals surface area contributed by atoms with Crippen LogP contribution in [0.15, 0.2) is 28.7 Å². The van der Waals surface area contributed by atoms with Gasteiger partial charge in [-0.3, -0.25) is 4.68 Å². The molecule has 21 heavy (non-hydrogen) atoms. The summed E-state index contributed by atoms with van der Waals surface area (Å²) in [6.45, 7) is 4.29. The summed E-state index contributed by atoms with van der Waals surface area (Å²) in [4.78, 5) is 0. The molecule has 0 aliphatic heterocycles. The highest BCUT2D eigenvalue weighted by Gasteiger charge is 2.18. The van der Waals surface area contributed by atoms with Gasteiger partial charge in [-0.25, -0.2) is 0 Å². The fourth-order valence-electron chi connectivity index (χ4n) is 2.65. The molecular weight excluding hydrogens is 348 g/mol. The van der Waals surface area contributed by atoms with E-state index in [1.165, 1.54) is 16.8 Å². The quantitative estimate of drug-likeness (QED) is 0.675. The normalized spacial score (nSPS) is 12.6. The van der Waals surface area contributed by atoms with Crippen LogP contribution < -0.4 is 0 Å². The Morgan fingerprint density at radius 2 is 2.00 bits per heavy atom. The summed E-state index contributed by atoms with van der Waals surface area (Å²) in [5.74, 6) is 1.08. The molecule has 0 amide bonds. The molecule has 1 aromatic carbocycles. The zero-order chi connectivity index (χ0) is 15.4. The first-order valence-electron chi connectivity index (χ1n) is 7.37. The molecule has 1 unspecified atom stereocenters. The molecule has 0 radical (unpaired) electrons. The van der Waals surface area contributed by atoms with Gasteiger partial charge in [-0.2, -0.15) is 5.10 Å². The smallest absolute Gasteiger partial charge is 0.0766 e. The number of benzene rings is 1. The van der Waals surface area contributed by atoms with Crippen molar-refractivity contribution in [1.29, 1.82) is 0 Å². The van der Waals surface area contributed by atoms with Gasteiger partial charge in [-0.05, 0) is 59.2 Å². The lowest BCUT2D eigenvalue weighted by atomic mass is 9.94. The summed E-state index contributed by atoms with van der Waals surface area (Å²) in [6.07, 6.45) is 2.90. The fraction of sp³-hybridized carbons (Fsp3) is 0.471. The van der Waals surface area contributed by atoms with Crippen molar-refractivity contribution >= 4 is 27.5 Å². The van der Waals surface area contributed by atoms with Crippen LogP contribution >= 0.6 is 27.5 Å². The zero-order valence-corrected chi connectivity index (χ0v) is 15.2. The molecule has 114 valence electrons. The van der Waals surface area contributed by atoms with Crippen molar-refractivity contribution in [2.45, 2.75) is 33.1 Å². The van der Waals surface area contributed by atoms with Crippen molar-refractivity contribution in [2.24, 2.45) is 13.0 Å². The predicted octanol–water partition coefficient (Wildman–Crippen LogP) is 4.69. The molecule has 2 rings (SSSR count). The van der Waals surface area contributed by atoms with Crippen LogP contribution in [0.25, 0.3) is 0 Å². The Labute approximate surface area is 140 Å². The second kappa shape index (κ2) is 7.46. The number of hydrogen-bond donors (Lipinski definition) is 0. The van der Waals surface area contributed by atoms with E-state index < -0.39 is 0 Å². The maximum Gasteiger partial charge on any atom is 0.0766 e. The lowest BCUT2D eigenvalue weighted by Crippen LogP contribution is -2.13. The van der Waals surface area contributed by atoms with Crippen LogP contribution in [0.2, 0.25) is 0 Å². The molecule has 2 nitrogen and oxygen atoms in total. The molecule has 1 aromatic heterocycles. The third-order valence-corrected chi connectivity index (χ3v) is 5.32. The van der Waals surface area contributed by atoms with Crippen LogP contribution in [0.3, 0.4) is 0 Å². The number of nitrogens with zero attached hydrogens (tertiary/aromatic N) is 2. The first-order chi connectivity index (χ1) is 10.1. The molecule has 0 saturated heterocycles. The van der Waals surface area contributed by atoms with Gasteiger partial charge in [0.25, 0.3) is 0 Å². The third kappa shape index (κ3) is 3.89. The molecule has 0 N–H and O–H groups in total. The van der Waals surface area contributed by atoms with Gasteiger partial charge in [-0.15, -0.1) is 11.6 Å². The summed E-state index contributed by atoms with van der Waals surface area (Å²) in [7, 11) is 2.01. The summed E-state index contributed by atoms with van der Waals surface area (Å²) in [5.41, 5.74) is 5.09. The lowest BCUT2D eigenvalue weighted by Gasteiger charge is -2.16. The van der Waals surface area contributed by atoms with Crippen LogP contribution in [-0.4, -0.2) is 15.7 Å². The highest BCUT2D eigenvalue weighted by Crippen LogP contribution is 2.26. The van der Waals surface area contributed by atoms with E-state index in [4.69, 9.17) is 11.6 Å². The number of aryl methyl sites for hydroxylation is 3. The largest absolute Gasteiger partial charge is 0.271 e. The monoisotopic (exact) mass is 368 g/mol. The van der Waals surface area contributed by atoms with Gasteiger partial charge in [0.2, 0.25) is 0 Å². The van der Waals surface area contributed by atoms with E-state index in [2.05, 4.69) is 59.1 Å². The number of halogens is 2. The number of rotatable bonds is 6. The van der Waals surface area contributed by atoms with E-state index in [-0.39, 0.29) is 0 Å². The topological polar surface area (TPSA) is 17.8 Å². The van der Waals surface area contributed by atoms with E-state index in [1.54, 1.807) is 0 Å². The highest BCUT2D eigenvalue weighted by atomic mass is 79.9. The third-order valence-electron chi connectivity index (χ3n) is 3.97. The molecular formula is C17H22BrClN2. The van der Waals surface area contributed by atoms with Crippen LogP contribution in [0.4, 0.5) is 0 Å². The van der Waals surface area contributed by atoms with Crippen molar-refractivity contribution in [1.82, 2.24) is 9.78 Å². The van der Waals surface area contributed by atoms with Crippen LogP contribution in [-0.2, 0) is 26.3 Å². The van der Waals surface area contributed by atoms with Crippen molar-refractivity contribution in [2.75, 3.05) is 5.88 Å². The molecule has 0 aliphatic rings. The standard InChI is InChI=1S/C17H22BrClN2/c1-4-15-17(18)16(21(3)20-15)10-13(11-19)9-14-8-6-5-7-12(14)2/h5-8,13H,4,9-11H2,1-3H3. The second-order valence-electron chi connectivity index (χ2n) is 5.54. The van der Waals surface area contributed by atoms with Gasteiger partial charge in [0.15, 0.2) is 0 Å². The minimum Gasteiger partial charge on any atom is -0.271 e. The Hall–Kier alpha value is -0.800. The van der Waals surface area contributed by atoms with E-state index in [0.29, 0.717) is 11.8 Å². The average Bonchev–Trinajstić information content (AvgIpc) is 2.75. The summed E-state index contributed by atoms with van der Waals surface area (Å²) in [6, 6.07) is 8.54. The van der Waals surface area contributed by atoms with Gasteiger partial charge in [-0.1, -0.05) is 31.2 Å². The lowest BCUT2D eigenvalue weighted by molar-refractivity contribution is 0.548. The summed E-state index contributed by atoms with van der Waals surface area (Å²) >= 11 is 9.91. The van der Waals surface area contributed by atoms with Crippen molar-refractivity contribution in [3.05, 3.63) is 51.3 Å². The van der Waals surface area contributed by atoms with Crippen LogP contribution in [0.5, 0.6) is 0 Å². The maximum absolute atomic E-state index is 6.22. The van der Waals surface area contributed by atoms with E-state index in [0.717, 1.165) is 29.4 Å². The molecule has 4 heteroatoms. The Kier molecular flexibility index (Phi) is 5.88. The van der Waals surface area contributed by atoms with Crippen LogP contribution in [0, 0.1) is 12.8 Å². The molecule has 2 aromatic rings. The molecule has 0 aliphatic carbocycles. The number of aromatic nitrogens is 2. The SMILES string of the molecule is CCc1nn(C)c(CC(CCl)Cc2ccccc2C)c1Br. The maximum atomic E-state index is 6.22. The van der Waals surface area contributed by atoms with Crippen molar-refractivity contribution in [3.63, 3.8) is 0 Å². The Bertz CT molecular complexity index is 607. The van der Waals surface area contributed by atoms with Gasteiger partial charge < -0.3 is 0 Å². The zero-order valence-electron chi connectivity index (χ0n) is 12.9. The first-order valence-corrected chi connectivity index (χ1v) is 8.70. The minimum atomic E-state index is 0.421. The van der Waals surface area contributed by atoms with Crippen molar-refractivity contribution < 1.29 is 0 Å². The summed E-state index contributed by atoms with van der Waals surface area (Å²) in [5, 5.41) is 4.57. The molecule has 1 atom stereocenters. The van der Waals surface area contributed by atoms with Crippen LogP contribution in [0.1, 0.15) is 29.4 Å². The predicted molar refractivity (Wildman–Crippen MR) is 93.1 cm³/mol. The minimum absolute atomic E-state index is 0.421. The van der Waals surface area contributed by atoms with E-state index in [1.807, 2.05) is 11.7 Å². The fourth-order valence-corrected chi connectivity index (χ4v) is 3.64. The van der Waals surface area contributed by atoms with E-state index >= 15 is 0 Å². The molecule has 0 saturated carbocycles. The van der Waals surface area contributed by atoms with E-state index in [9.17, 15) is 0 Å². The molecule has 0 spiro atoms. The van der Waals surface area contributed by atoms with Crippen molar-refractivity contribution in [3.8, 4) is 0 Å².